The number of benzene rings is 7. The lowest BCUT2D eigenvalue weighted by Gasteiger charge is -2.47. The highest BCUT2D eigenvalue weighted by atomic mass is 15.2. The lowest BCUT2D eigenvalue weighted by molar-refractivity contribution is 0.533. The molecule has 0 aromatic heterocycles. The van der Waals surface area contributed by atoms with E-state index in [9.17, 15) is 0 Å². The third-order valence-electron chi connectivity index (χ3n) is 11.9. The minimum Gasteiger partial charge on any atom is -0.338 e. The van der Waals surface area contributed by atoms with Gasteiger partial charge in [-0.1, -0.05) is 110 Å². The standard InChI is InChI=1S/C47H36BN3/c1-31-39-18-11-19-41-47(39)51-42(31)28-23-33-24-29-43-45(46(33)51)48(41)40-27-22-34(30-44(40)50(43)37-16-9-4-10-17-37)32-20-25-38(26-21-32)49(35-12-5-2-6-13-35)36-14-7-3-8-15-36/h2-22,24-27,29-31,42H,23,28H2,1H3. The molecule has 0 amide bonds. The van der Waals surface area contributed by atoms with Gasteiger partial charge in [-0.3, -0.25) is 0 Å². The molecule has 0 N–H and O–H groups in total. The van der Waals surface area contributed by atoms with E-state index in [-0.39, 0.29) is 6.71 Å². The number of aryl methyl sites for hydroxylation is 1. The lowest BCUT2D eigenvalue weighted by Crippen LogP contribution is -2.62. The molecule has 7 aromatic carbocycles. The fourth-order valence-electron chi connectivity index (χ4n) is 9.65. The summed E-state index contributed by atoms with van der Waals surface area (Å²) >= 11 is 0. The summed E-state index contributed by atoms with van der Waals surface area (Å²) < 4.78 is 0. The van der Waals surface area contributed by atoms with Crippen LogP contribution in [0.5, 0.6) is 0 Å². The molecule has 0 saturated heterocycles. The topological polar surface area (TPSA) is 9.72 Å². The van der Waals surface area contributed by atoms with Crippen LogP contribution in [0, 0.1) is 0 Å². The molecule has 0 aliphatic carbocycles. The van der Waals surface area contributed by atoms with Crippen molar-refractivity contribution in [3.05, 3.63) is 175 Å². The fourth-order valence-corrected chi connectivity index (χ4v) is 9.65. The molecule has 3 nitrogen and oxygen atoms in total. The second-order valence-electron chi connectivity index (χ2n) is 14.5. The summed E-state index contributed by atoms with van der Waals surface area (Å²) in [6.07, 6.45) is 2.35. The van der Waals surface area contributed by atoms with Gasteiger partial charge in [0.15, 0.2) is 0 Å². The molecule has 0 radical (unpaired) electrons. The van der Waals surface area contributed by atoms with E-state index in [2.05, 4.69) is 185 Å². The normalized spacial score (nSPS) is 17.2. The Morgan fingerprint density at radius 3 is 1.96 bits per heavy atom. The zero-order valence-electron chi connectivity index (χ0n) is 28.6. The van der Waals surface area contributed by atoms with Crippen LogP contribution in [0.15, 0.2) is 164 Å². The van der Waals surface area contributed by atoms with Crippen LogP contribution < -0.4 is 31.1 Å². The van der Waals surface area contributed by atoms with Crippen molar-refractivity contribution in [2.45, 2.75) is 31.7 Å². The Bertz CT molecular complexity index is 2420. The van der Waals surface area contributed by atoms with Crippen LogP contribution in [0.4, 0.5) is 45.5 Å². The van der Waals surface area contributed by atoms with E-state index in [0.717, 1.165) is 23.5 Å². The average molecular weight is 654 g/mol. The molecule has 11 rings (SSSR count). The fraction of sp³-hybridized carbons (Fsp3) is 0.106. The van der Waals surface area contributed by atoms with Gasteiger partial charge in [0.25, 0.3) is 6.71 Å². The van der Waals surface area contributed by atoms with Crippen LogP contribution in [0.2, 0.25) is 0 Å². The van der Waals surface area contributed by atoms with Crippen LogP contribution >= 0.6 is 0 Å². The van der Waals surface area contributed by atoms with E-state index in [1.54, 1.807) is 0 Å². The Kier molecular flexibility index (Phi) is 6.21. The maximum absolute atomic E-state index is 2.75. The van der Waals surface area contributed by atoms with Crippen molar-refractivity contribution in [3.8, 4) is 11.1 Å². The molecule has 2 unspecified atom stereocenters. The van der Waals surface area contributed by atoms with Gasteiger partial charge < -0.3 is 14.7 Å². The van der Waals surface area contributed by atoms with Gasteiger partial charge in [-0.15, -0.1) is 0 Å². The molecule has 4 aliphatic rings. The third-order valence-corrected chi connectivity index (χ3v) is 11.9. The van der Waals surface area contributed by atoms with Gasteiger partial charge in [0.1, 0.15) is 0 Å². The van der Waals surface area contributed by atoms with Crippen molar-refractivity contribution >= 4 is 68.6 Å². The summed E-state index contributed by atoms with van der Waals surface area (Å²) in [5, 5.41) is 0. The summed E-state index contributed by atoms with van der Waals surface area (Å²) in [6, 6.07) is 61.0. The predicted octanol–water partition coefficient (Wildman–Crippen LogP) is 10.0. The second-order valence-corrected chi connectivity index (χ2v) is 14.5. The Hall–Kier alpha value is -6.00. The molecule has 4 heterocycles. The largest absolute Gasteiger partial charge is 0.338 e. The average Bonchev–Trinajstić information content (AvgIpc) is 3.50. The summed E-state index contributed by atoms with van der Waals surface area (Å²) in [5.74, 6) is 0.527. The van der Waals surface area contributed by atoms with Crippen molar-refractivity contribution in [1.82, 2.24) is 0 Å². The summed E-state index contributed by atoms with van der Waals surface area (Å²) in [7, 11) is 0. The van der Waals surface area contributed by atoms with Gasteiger partial charge in [0.2, 0.25) is 0 Å². The van der Waals surface area contributed by atoms with Crippen LogP contribution in [-0.2, 0) is 6.42 Å². The van der Waals surface area contributed by atoms with Crippen molar-refractivity contribution in [2.75, 3.05) is 14.7 Å². The molecular weight excluding hydrogens is 617 g/mol. The maximum Gasteiger partial charge on any atom is 0.252 e. The number of rotatable bonds is 5. The molecule has 2 atom stereocenters. The van der Waals surface area contributed by atoms with Crippen molar-refractivity contribution < 1.29 is 0 Å². The van der Waals surface area contributed by atoms with Gasteiger partial charge in [-0.25, -0.2) is 0 Å². The SMILES string of the molecule is CC1c2cccc3c2N2c4c(ccc5c4B3c3ccc(-c4ccc(N(c6ccccc6)c6ccccc6)cc4)cc3N5c3ccccc3)CCC12. The second kappa shape index (κ2) is 11.0. The number of hydrogen-bond acceptors (Lipinski definition) is 3. The Morgan fingerprint density at radius 2 is 1.24 bits per heavy atom. The minimum atomic E-state index is 0.196. The lowest BCUT2D eigenvalue weighted by atomic mass is 9.33. The highest BCUT2D eigenvalue weighted by Crippen LogP contribution is 2.53. The van der Waals surface area contributed by atoms with Gasteiger partial charge in [0.05, 0.1) is 0 Å². The van der Waals surface area contributed by atoms with Crippen LogP contribution in [0.1, 0.15) is 30.4 Å². The van der Waals surface area contributed by atoms with Crippen LogP contribution in [0.3, 0.4) is 0 Å². The van der Waals surface area contributed by atoms with Crippen LogP contribution in [-0.4, -0.2) is 12.8 Å². The van der Waals surface area contributed by atoms with Gasteiger partial charge in [-0.2, -0.15) is 0 Å². The van der Waals surface area contributed by atoms with E-state index in [0.29, 0.717) is 12.0 Å². The van der Waals surface area contributed by atoms with Gasteiger partial charge in [0, 0.05) is 57.5 Å². The first-order valence-electron chi connectivity index (χ1n) is 18.3. The van der Waals surface area contributed by atoms with E-state index in [1.807, 2.05) is 0 Å². The molecule has 0 saturated carbocycles. The molecule has 0 spiro atoms. The first kappa shape index (κ1) is 28.8. The van der Waals surface area contributed by atoms with Crippen molar-refractivity contribution in [3.63, 3.8) is 0 Å². The first-order chi connectivity index (χ1) is 25.2. The smallest absolute Gasteiger partial charge is 0.252 e. The minimum absolute atomic E-state index is 0.196. The monoisotopic (exact) mass is 653 g/mol. The summed E-state index contributed by atoms with van der Waals surface area (Å²) in [4.78, 5) is 7.60. The molecule has 4 heteroatoms. The van der Waals surface area contributed by atoms with Crippen molar-refractivity contribution in [2.24, 2.45) is 0 Å². The Balaban J connectivity index is 1.08. The zero-order valence-corrected chi connectivity index (χ0v) is 28.6. The van der Waals surface area contributed by atoms with Gasteiger partial charge >= 0.3 is 0 Å². The van der Waals surface area contributed by atoms with E-state index >= 15 is 0 Å². The molecule has 0 bridgehead atoms. The first-order valence-corrected chi connectivity index (χ1v) is 18.3. The Labute approximate surface area is 300 Å². The maximum atomic E-state index is 2.75. The van der Waals surface area contributed by atoms with Crippen molar-refractivity contribution in [1.29, 1.82) is 0 Å². The molecular formula is C47H36BN3. The highest BCUT2D eigenvalue weighted by molar-refractivity contribution is 7.00. The third kappa shape index (κ3) is 4.14. The molecule has 4 aliphatic heterocycles. The highest BCUT2D eigenvalue weighted by Gasteiger charge is 2.50. The number of fused-ring (bicyclic) bond motifs is 3. The predicted molar refractivity (Wildman–Crippen MR) is 215 cm³/mol. The zero-order chi connectivity index (χ0) is 33.6. The summed E-state index contributed by atoms with van der Waals surface area (Å²) in [5.41, 5.74) is 19.9. The van der Waals surface area contributed by atoms with E-state index in [4.69, 9.17) is 0 Å². The Morgan fingerprint density at radius 1 is 0.569 bits per heavy atom. The number of nitrogens with zero attached hydrogens (tertiary/aromatic N) is 3. The van der Waals surface area contributed by atoms with Crippen LogP contribution in [0.25, 0.3) is 11.1 Å². The van der Waals surface area contributed by atoms with E-state index in [1.165, 1.54) is 73.5 Å². The number of anilines is 8. The molecule has 0 fully saturated rings. The number of para-hydroxylation sites is 4. The quantitative estimate of drug-likeness (QED) is 0.171. The summed E-state index contributed by atoms with van der Waals surface area (Å²) in [6.45, 7) is 2.64. The van der Waals surface area contributed by atoms with Gasteiger partial charge in [-0.05, 0) is 112 Å². The molecule has 7 aromatic rings. The number of hydrogen-bond donors (Lipinski definition) is 0. The van der Waals surface area contributed by atoms with E-state index < -0.39 is 0 Å². The molecule has 242 valence electrons. The molecule has 51 heavy (non-hydrogen) atoms.